The molecule has 0 N–H and O–H groups in total. The minimum absolute atomic E-state index is 0.0303. The maximum Gasteiger partial charge on any atom is 0.274 e. The summed E-state index contributed by atoms with van der Waals surface area (Å²) in [7, 11) is 0.793. The largest absolute Gasteiger partial charge is 0.497 e. The normalized spacial score (nSPS) is 17.3. The van der Waals surface area contributed by atoms with Gasteiger partial charge in [-0.3, -0.25) is 9.48 Å². The molecule has 1 saturated heterocycles. The smallest absolute Gasteiger partial charge is 0.274 e. The number of aryl methyl sites for hydroxylation is 1. The van der Waals surface area contributed by atoms with Crippen molar-refractivity contribution in [3.63, 3.8) is 0 Å². The van der Waals surface area contributed by atoms with E-state index in [0.717, 1.165) is 5.69 Å². The first-order valence-electron chi connectivity index (χ1n) is 10.0. The van der Waals surface area contributed by atoms with Gasteiger partial charge in [0.1, 0.15) is 16.4 Å². The Kier molecular flexibility index (Phi) is 5.91. The number of sulfonamides is 1. The zero-order valence-corrected chi connectivity index (χ0v) is 18.6. The number of carbonyl (C=O) groups is 1. The van der Waals surface area contributed by atoms with Crippen LogP contribution < -0.4 is 9.47 Å². The van der Waals surface area contributed by atoms with Crippen molar-refractivity contribution >= 4 is 15.9 Å². The van der Waals surface area contributed by atoms with Gasteiger partial charge in [-0.15, -0.1) is 0 Å². The van der Waals surface area contributed by atoms with Crippen molar-refractivity contribution in [2.24, 2.45) is 7.05 Å². The molecule has 0 atom stereocenters. The molecule has 0 spiro atoms. The third kappa shape index (κ3) is 3.88. The average molecular weight is 451 g/mol. The summed E-state index contributed by atoms with van der Waals surface area (Å²) in [5, 5.41) is 4.44. The van der Waals surface area contributed by atoms with Gasteiger partial charge in [-0.25, -0.2) is 8.42 Å². The van der Waals surface area contributed by atoms with Crippen molar-refractivity contribution in [3.8, 4) is 11.5 Å². The third-order valence-corrected chi connectivity index (χ3v) is 7.56. The second-order valence-corrected chi connectivity index (χ2v) is 9.31. The number of ether oxygens (including phenoxy) is 3. The van der Waals surface area contributed by atoms with Gasteiger partial charge in [-0.1, -0.05) is 0 Å². The van der Waals surface area contributed by atoms with E-state index in [1.165, 1.54) is 24.6 Å². The summed E-state index contributed by atoms with van der Waals surface area (Å²) in [6, 6.07) is 4.66. The SMILES string of the molecule is COc1ccc(OC)c(S(=O)(=O)N2CCc3c(c(C(=O)N4CCOCC4)nn3C)C2)c1. The van der Waals surface area contributed by atoms with Crippen LogP contribution in [-0.2, 0) is 34.8 Å². The lowest BCUT2D eigenvalue weighted by Crippen LogP contribution is -2.42. The predicted molar refractivity (Wildman–Crippen MR) is 111 cm³/mol. The number of fused-ring (bicyclic) bond motifs is 1. The summed E-state index contributed by atoms with van der Waals surface area (Å²) in [5.41, 5.74) is 1.83. The predicted octanol–water partition coefficient (Wildman–Crippen LogP) is 0.657. The lowest BCUT2D eigenvalue weighted by atomic mass is 10.1. The van der Waals surface area contributed by atoms with Crippen LogP contribution in [0.2, 0.25) is 0 Å². The molecule has 31 heavy (non-hydrogen) atoms. The Morgan fingerprint density at radius 1 is 1.13 bits per heavy atom. The maximum atomic E-state index is 13.5. The molecule has 3 heterocycles. The molecule has 2 aliphatic heterocycles. The summed E-state index contributed by atoms with van der Waals surface area (Å²) in [4.78, 5) is 14.8. The van der Waals surface area contributed by atoms with Crippen molar-refractivity contribution in [2.75, 3.05) is 47.1 Å². The minimum atomic E-state index is -3.89. The molecule has 1 amide bonds. The number of rotatable bonds is 5. The minimum Gasteiger partial charge on any atom is -0.497 e. The van der Waals surface area contributed by atoms with Gasteiger partial charge in [0.15, 0.2) is 5.69 Å². The first-order valence-corrected chi connectivity index (χ1v) is 11.4. The van der Waals surface area contributed by atoms with Gasteiger partial charge >= 0.3 is 0 Å². The van der Waals surface area contributed by atoms with Crippen LogP contribution in [0, 0.1) is 0 Å². The van der Waals surface area contributed by atoms with Crippen molar-refractivity contribution < 1.29 is 27.4 Å². The zero-order chi connectivity index (χ0) is 22.2. The summed E-state index contributed by atoms with van der Waals surface area (Å²) in [6.45, 7) is 2.30. The van der Waals surface area contributed by atoms with E-state index in [2.05, 4.69) is 5.10 Å². The van der Waals surface area contributed by atoms with Crippen LogP contribution in [-0.4, -0.2) is 80.4 Å². The number of amides is 1. The Morgan fingerprint density at radius 3 is 2.55 bits per heavy atom. The molecule has 2 aliphatic rings. The second-order valence-electron chi connectivity index (χ2n) is 7.41. The molecule has 1 fully saturated rings. The van der Waals surface area contributed by atoms with E-state index in [1.54, 1.807) is 28.8 Å². The summed E-state index contributed by atoms with van der Waals surface area (Å²) in [6.07, 6.45) is 0.459. The highest BCUT2D eigenvalue weighted by atomic mass is 32.2. The zero-order valence-electron chi connectivity index (χ0n) is 17.8. The quantitative estimate of drug-likeness (QED) is 0.659. The fourth-order valence-electron chi connectivity index (χ4n) is 3.99. The van der Waals surface area contributed by atoms with E-state index in [1.807, 2.05) is 0 Å². The van der Waals surface area contributed by atoms with Crippen LogP contribution in [0.1, 0.15) is 21.7 Å². The number of morpholine rings is 1. The molecule has 0 radical (unpaired) electrons. The van der Waals surface area contributed by atoms with Crippen LogP contribution in [0.15, 0.2) is 23.1 Å². The van der Waals surface area contributed by atoms with E-state index in [4.69, 9.17) is 14.2 Å². The first-order chi connectivity index (χ1) is 14.9. The monoisotopic (exact) mass is 450 g/mol. The standard InChI is InChI=1S/C20H26N4O6S/c1-22-16-6-7-24(31(26,27)18-12-14(28-2)4-5-17(18)29-3)13-15(16)19(21-22)20(25)23-8-10-30-11-9-23/h4-5,12H,6-11,13H2,1-3H3. The van der Waals surface area contributed by atoms with Crippen LogP contribution in [0.25, 0.3) is 0 Å². The number of aromatic nitrogens is 2. The van der Waals surface area contributed by atoms with Crippen LogP contribution in [0.3, 0.4) is 0 Å². The number of hydrogen-bond acceptors (Lipinski definition) is 7. The molecule has 168 valence electrons. The van der Waals surface area contributed by atoms with Crippen LogP contribution in [0.4, 0.5) is 0 Å². The Labute approximate surface area is 181 Å². The van der Waals surface area contributed by atoms with Crippen molar-refractivity contribution in [2.45, 2.75) is 17.9 Å². The van der Waals surface area contributed by atoms with Gasteiger partial charge in [0, 0.05) is 57.0 Å². The van der Waals surface area contributed by atoms with E-state index in [-0.39, 0.29) is 29.6 Å². The molecule has 11 heteroatoms. The Morgan fingerprint density at radius 2 is 1.87 bits per heavy atom. The number of benzene rings is 1. The molecule has 0 saturated carbocycles. The van der Waals surface area contributed by atoms with E-state index in [0.29, 0.717) is 49.7 Å². The average Bonchev–Trinajstić information content (AvgIpc) is 3.14. The molecular weight excluding hydrogens is 424 g/mol. The molecule has 0 aliphatic carbocycles. The lowest BCUT2D eigenvalue weighted by Gasteiger charge is -2.29. The van der Waals surface area contributed by atoms with Gasteiger partial charge in [-0.05, 0) is 12.1 Å². The highest BCUT2D eigenvalue weighted by molar-refractivity contribution is 7.89. The second kappa shape index (κ2) is 8.48. The Hall–Kier alpha value is -2.63. The summed E-state index contributed by atoms with van der Waals surface area (Å²) >= 11 is 0. The molecular formula is C20H26N4O6S. The van der Waals surface area contributed by atoms with E-state index in [9.17, 15) is 13.2 Å². The molecule has 0 unspecified atom stereocenters. The van der Waals surface area contributed by atoms with E-state index >= 15 is 0 Å². The first kappa shape index (κ1) is 21.6. The van der Waals surface area contributed by atoms with Gasteiger partial charge in [0.2, 0.25) is 10.0 Å². The van der Waals surface area contributed by atoms with Gasteiger partial charge in [0.25, 0.3) is 5.91 Å². The Bertz CT molecular complexity index is 1090. The van der Waals surface area contributed by atoms with Gasteiger partial charge in [-0.2, -0.15) is 9.40 Å². The van der Waals surface area contributed by atoms with Crippen LogP contribution in [0.5, 0.6) is 11.5 Å². The van der Waals surface area contributed by atoms with Crippen molar-refractivity contribution in [3.05, 3.63) is 35.2 Å². The van der Waals surface area contributed by atoms with Crippen LogP contribution >= 0.6 is 0 Å². The number of methoxy groups -OCH3 is 2. The highest BCUT2D eigenvalue weighted by Crippen LogP contribution is 2.33. The summed E-state index contributed by atoms with van der Waals surface area (Å²) in [5.74, 6) is 0.461. The number of carbonyl (C=O) groups excluding carboxylic acids is 1. The number of hydrogen-bond donors (Lipinski definition) is 0. The highest BCUT2D eigenvalue weighted by Gasteiger charge is 2.36. The van der Waals surface area contributed by atoms with Crippen molar-refractivity contribution in [1.29, 1.82) is 0 Å². The molecule has 10 nitrogen and oxygen atoms in total. The summed E-state index contributed by atoms with van der Waals surface area (Å²) < 4.78 is 45.8. The van der Waals surface area contributed by atoms with Gasteiger partial charge in [0.05, 0.1) is 27.4 Å². The fourth-order valence-corrected chi connectivity index (χ4v) is 5.57. The third-order valence-electron chi connectivity index (χ3n) is 5.70. The van der Waals surface area contributed by atoms with Gasteiger partial charge < -0.3 is 19.1 Å². The molecule has 1 aromatic heterocycles. The van der Waals surface area contributed by atoms with E-state index < -0.39 is 10.0 Å². The molecule has 4 rings (SSSR count). The molecule has 1 aromatic carbocycles. The Balaban J connectivity index is 1.68. The van der Waals surface area contributed by atoms with Crippen molar-refractivity contribution in [1.82, 2.24) is 19.0 Å². The maximum absolute atomic E-state index is 13.5. The number of nitrogens with zero attached hydrogens (tertiary/aromatic N) is 4. The molecule has 2 aromatic rings. The lowest BCUT2D eigenvalue weighted by molar-refractivity contribution is 0.0297. The topological polar surface area (TPSA) is 103 Å². The molecule has 0 bridgehead atoms. The fraction of sp³-hybridized carbons (Fsp3) is 0.500.